The highest BCUT2D eigenvalue weighted by Crippen LogP contribution is 2.43. The molecule has 0 bridgehead atoms. The van der Waals surface area contributed by atoms with E-state index in [0.29, 0.717) is 33.0 Å². The van der Waals surface area contributed by atoms with E-state index >= 15 is 0 Å². The van der Waals surface area contributed by atoms with Crippen molar-refractivity contribution >= 4 is 63.0 Å². The fraction of sp³-hybridized carbons (Fsp3) is 0.188. The Bertz CT molecular complexity index is 1820. The predicted molar refractivity (Wildman–Crippen MR) is 159 cm³/mol. The van der Waals surface area contributed by atoms with Gasteiger partial charge in [0.15, 0.2) is 10.9 Å². The summed E-state index contributed by atoms with van der Waals surface area (Å²) >= 11 is 3.18. The lowest BCUT2D eigenvalue weighted by atomic mass is 9.97. The molecule has 0 saturated heterocycles. The van der Waals surface area contributed by atoms with Crippen LogP contribution in [0.3, 0.4) is 0 Å². The maximum Gasteiger partial charge on any atom is 0.199 e. The SMILES string of the molecule is CC(C)c1ccc2sc3ccccc3c(=O)c2c1Oc1c(C(C)C)ccc2sc3ccccc3c(=O)c12. The first-order chi connectivity index (χ1) is 17.8. The smallest absolute Gasteiger partial charge is 0.199 e. The molecule has 0 spiro atoms. The molecule has 4 aromatic carbocycles. The second kappa shape index (κ2) is 9.09. The fourth-order valence-corrected chi connectivity index (χ4v) is 7.14. The minimum absolute atomic E-state index is 0.0382. The van der Waals surface area contributed by atoms with Crippen molar-refractivity contribution in [1.82, 2.24) is 0 Å². The Morgan fingerprint density at radius 3 is 1.35 bits per heavy atom. The van der Waals surface area contributed by atoms with Crippen molar-refractivity contribution in [3.8, 4) is 11.5 Å². The Labute approximate surface area is 222 Å². The molecule has 0 aliphatic carbocycles. The van der Waals surface area contributed by atoms with Crippen molar-refractivity contribution in [1.29, 1.82) is 0 Å². The summed E-state index contributed by atoms with van der Waals surface area (Å²) in [5.41, 5.74) is 1.83. The normalized spacial score (nSPS) is 11.9. The van der Waals surface area contributed by atoms with Crippen LogP contribution >= 0.6 is 22.7 Å². The van der Waals surface area contributed by atoms with E-state index in [1.165, 1.54) is 0 Å². The third-order valence-corrected chi connectivity index (χ3v) is 9.18. The molecule has 184 valence electrons. The minimum atomic E-state index is -0.0382. The molecule has 0 fully saturated rings. The van der Waals surface area contributed by atoms with Crippen LogP contribution in [0.2, 0.25) is 0 Å². The largest absolute Gasteiger partial charge is 0.455 e. The third-order valence-electron chi connectivity index (χ3n) is 6.91. The van der Waals surface area contributed by atoms with Gasteiger partial charge in [-0.2, -0.15) is 0 Å². The molecule has 0 N–H and O–H groups in total. The number of rotatable bonds is 4. The van der Waals surface area contributed by atoms with Gasteiger partial charge in [0.25, 0.3) is 0 Å². The Hall–Kier alpha value is -3.54. The molecule has 0 amide bonds. The molecule has 2 aromatic heterocycles. The van der Waals surface area contributed by atoms with Crippen LogP contribution in [0.4, 0.5) is 0 Å². The number of ether oxygens (including phenoxy) is 1. The highest BCUT2D eigenvalue weighted by atomic mass is 32.1. The van der Waals surface area contributed by atoms with E-state index in [2.05, 4.69) is 39.8 Å². The second-order valence-corrected chi connectivity index (χ2v) is 12.1. The van der Waals surface area contributed by atoms with E-state index in [0.717, 1.165) is 29.9 Å². The van der Waals surface area contributed by atoms with Gasteiger partial charge in [-0.3, -0.25) is 9.59 Å². The van der Waals surface area contributed by atoms with Crippen molar-refractivity contribution in [3.63, 3.8) is 0 Å². The van der Waals surface area contributed by atoms with Crippen LogP contribution in [0.25, 0.3) is 40.3 Å². The number of benzene rings is 4. The summed E-state index contributed by atoms with van der Waals surface area (Å²) in [6.07, 6.45) is 0. The third kappa shape index (κ3) is 3.85. The summed E-state index contributed by atoms with van der Waals surface area (Å²) in [5, 5.41) is 2.54. The van der Waals surface area contributed by atoms with E-state index in [1.807, 2.05) is 60.7 Å². The first kappa shape index (κ1) is 23.8. The zero-order valence-corrected chi connectivity index (χ0v) is 22.8. The van der Waals surface area contributed by atoms with Crippen LogP contribution in [0.15, 0.2) is 82.4 Å². The van der Waals surface area contributed by atoms with E-state index in [4.69, 9.17) is 4.74 Å². The molecule has 3 nitrogen and oxygen atoms in total. The van der Waals surface area contributed by atoms with Gasteiger partial charge in [0.1, 0.15) is 11.5 Å². The maximum absolute atomic E-state index is 13.9. The van der Waals surface area contributed by atoms with Crippen LogP contribution in [-0.2, 0) is 0 Å². The summed E-state index contributed by atoms with van der Waals surface area (Å²) in [4.78, 5) is 27.7. The summed E-state index contributed by atoms with van der Waals surface area (Å²) in [6, 6.07) is 23.6. The van der Waals surface area contributed by atoms with Gasteiger partial charge in [0.2, 0.25) is 0 Å². The summed E-state index contributed by atoms with van der Waals surface area (Å²) in [6.45, 7) is 8.40. The lowest BCUT2D eigenvalue weighted by Crippen LogP contribution is -2.09. The molecule has 6 rings (SSSR count). The Kier molecular flexibility index (Phi) is 5.85. The quantitative estimate of drug-likeness (QED) is 0.217. The zero-order valence-electron chi connectivity index (χ0n) is 21.1. The van der Waals surface area contributed by atoms with Gasteiger partial charge in [0.05, 0.1) is 10.8 Å². The van der Waals surface area contributed by atoms with Crippen molar-refractivity contribution in [2.75, 3.05) is 0 Å². The minimum Gasteiger partial charge on any atom is -0.455 e. The summed E-state index contributed by atoms with van der Waals surface area (Å²) in [7, 11) is 0. The average Bonchev–Trinajstić information content (AvgIpc) is 2.88. The van der Waals surface area contributed by atoms with Crippen molar-refractivity contribution in [2.45, 2.75) is 39.5 Å². The topological polar surface area (TPSA) is 43.4 Å². The number of hydrogen-bond donors (Lipinski definition) is 0. The van der Waals surface area contributed by atoms with Crippen molar-refractivity contribution in [3.05, 3.63) is 104 Å². The first-order valence-corrected chi connectivity index (χ1v) is 14.1. The van der Waals surface area contributed by atoms with Gasteiger partial charge < -0.3 is 4.74 Å². The van der Waals surface area contributed by atoms with E-state index < -0.39 is 0 Å². The standard InChI is InChI=1S/C32H26O3S2/c1-17(2)19-13-15-25-27(29(33)21-9-5-7-11-23(21)36-25)31(19)35-32-20(18(3)4)14-16-26-28(32)30(34)22-10-6-8-12-24(22)37-26/h5-18H,1-4H3. The van der Waals surface area contributed by atoms with Crippen LogP contribution in [0.1, 0.15) is 50.7 Å². The summed E-state index contributed by atoms with van der Waals surface area (Å²) in [5.74, 6) is 1.38. The van der Waals surface area contributed by atoms with Crippen LogP contribution < -0.4 is 15.6 Å². The average molecular weight is 523 g/mol. The van der Waals surface area contributed by atoms with Crippen LogP contribution in [0.5, 0.6) is 11.5 Å². The van der Waals surface area contributed by atoms with Gasteiger partial charge in [-0.25, -0.2) is 0 Å². The molecule has 0 aliphatic rings. The van der Waals surface area contributed by atoms with Crippen molar-refractivity contribution < 1.29 is 4.74 Å². The molecule has 0 atom stereocenters. The van der Waals surface area contributed by atoms with Crippen LogP contribution in [-0.4, -0.2) is 0 Å². The van der Waals surface area contributed by atoms with E-state index in [-0.39, 0.29) is 22.7 Å². The van der Waals surface area contributed by atoms with Gasteiger partial charge in [-0.1, -0.05) is 64.1 Å². The molecule has 37 heavy (non-hydrogen) atoms. The highest BCUT2D eigenvalue weighted by Gasteiger charge is 2.23. The molecule has 0 aliphatic heterocycles. The summed E-state index contributed by atoms with van der Waals surface area (Å²) < 4.78 is 10.5. The maximum atomic E-state index is 13.9. The van der Waals surface area contributed by atoms with E-state index in [9.17, 15) is 9.59 Å². The van der Waals surface area contributed by atoms with Gasteiger partial charge >= 0.3 is 0 Å². The molecule has 5 heteroatoms. The van der Waals surface area contributed by atoms with Gasteiger partial charge in [-0.05, 0) is 59.4 Å². The lowest BCUT2D eigenvalue weighted by molar-refractivity contribution is 0.475. The van der Waals surface area contributed by atoms with Crippen molar-refractivity contribution in [2.24, 2.45) is 0 Å². The Morgan fingerprint density at radius 1 is 0.541 bits per heavy atom. The van der Waals surface area contributed by atoms with Crippen LogP contribution in [0, 0.1) is 0 Å². The fourth-order valence-electron chi connectivity index (χ4n) is 4.99. The highest BCUT2D eigenvalue weighted by molar-refractivity contribution is 7.25. The van der Waals surface area contributed by atoms with Gasteiger partial charge in [-0.15, -0.1) is 22.7 Å². The first-order valence-electron chi connectivity index (χ1n) is 12.5. The molecule has 0 unspecified atom stereocenters. The molecule has 0 radical (unpaired) electrons. The second-order valence-electron chi connectivity index (χ2n) is 9.98. The Morgan fingerprint density at radius 2 is 0.946 bits per heavy atom. The molecule has 2 heterocycles. The van der Waals surface area contributed by atoms with Gasteiger partial charge in [0, 0.05) is 29.6 Å². The molecule has 6 aromatic rings. The van der Waals surface area contributed by atoms with E-state index in [1.54, 1.807) is 22.7 Å². The monoisotopic (exact) mass is 522 g/mol. The lowest BCUT2D eigenvalue weighted by Gasteiger charge is -2.20. The molecule has 0 saturated carbocycles. The zero-order chi connectivity index (χ0) is 25.8. The number of fused-ring (bicyclic) bond motifs is 4. The predicted octanol–water partition coefficient (Wildman–Crippen LogP) is 9.18. The molecular formula is C32H26O3S2. The Balaban J connectivity index is 1.74. The molecular weight excluding hydrogens is 496 g/mol. The number of hydrogen-bond acceptors (Lipinski definition) is 5.